The van der Waals surface area contributed by atoms with Crippen LogP contribution in [0, 0.1) is 6.92 Å². The van der Waals surface area contributed by atoms with Crippen LogP contribution in [0.25, 0.3) is 0 Å². The molecule has 0 bridgehead atoms. The van der Waals surface area contributed by atoms with Crippen LogP contribution in [0.4, 0.5) is 5.69 Å². The van der Waals surface area contributed by atoms with E-state index in [1.54, 1.807) is 12.3 Å². The van der Waals surface area contributed by atoms with E-state index < -0.39 is 0 Å². The van der Waals surface area contributed by atoms with E-state index in [9.17, 15) is 4.79 Å². The zero-order valence-electron chi connectivity index (χ0n) is 13.4. The summed E-state index contributed by atoms with van der Waals surface area (Å²) in [6.07, 6.45) is 3.56. The number of carbonyl (C=O) groups excluding carboxylic acids is 1. The summed E-state index contributed by atoms with van der Waals surface area (Å²) in [5.74, 6) is 5.29. The molecule has 0 aliphatic rings. The van der Waals surface area contributed by atoms with Gasteiger partial charge in [0.1, 0.15) is 0 Å². The number of nitrogens with two attached hydrogens (primary N) is 1. The highest BCUT2D eigenvalue weighted by molar-refractivity contribution is 5.99. The number of nitrogen functional groups attached to an aromatic ring is 1. The fraction of sp³-hybridized carbons (Fsp3) is 0.600. The minimum absolute atomic E-state index is 0.146. The lowest BCUT2D eigenvalue weighted by Gasteiger charge is -2.20. The fourth-order valence-corrected chi connectivity index (χ4v) is 1.90. The van der Waals surface area contributed by atoms with E-state index in [4.69, 9.17) is 5.84 Å². The number of pyridine rings is 1. The van der Waals surface area contributed by atoms with Gasteiger partial charge in [0.25, 0.3) is 5.91 Å². The van der Waals surface area contributed by atoms with Gasteiger partial charge in [-0.3, -0.25) is 15.6 Å². The van der Waals surface area contributed by atoms with Gasteiger partial charge in [0, 0.05) is 24.5 Å². The van der Waals surface area contributed by atoms with Crippen molar-refractivity contribution in [1.29, 1.82) is 0 Å². The van der Waals surface area contributed by atoms with E-state index >= 15 is 0 Å². The highest BCUT2D eigenvalue weighted by Crippen LogP contribution is 2.14. The predicted octanol–water partition coefficient (Wildman–Crippen LogP) is 1.53. The average Bonchev–Trinajstić information content (AvgIpc) is 2.45. The van der Waals surface area contributed by atoms with Crippen molar-refractivity contribution < 1.29 is 4.79 Å². The molecule has 1 aromatic heterocycles. The Morgan fingerprint density at radius 2 is 2.14 bits per heavy atom. The molecule has 0 saturated heterocycles. The van der Waals surface area contributed by atoms with Crippen molar-refractivity contribution in [3.8, 4) is 0 Å². The molecule has 0 saturated carbocycles. The van der Waals surface area contributed by atoms with Gasteiger partial charge in [0.2, 0.25) is 0 Å². The van der Waals surface area contributed by atoms with Crippen molar-refractivity contribution in [3.05, 3.63) is 23.5 Å². The molecule has 0 spiro atoms. The third-order valence-electron chi connectivity index (χ3n) is 3.55. The van der Waals surface area contributed by atoms with Crippen LogP contribution in [0.2, 0.25) is 0 Å². The van der Waals surface area contributed by atoms with Gasteiger partial charge >= 0.3 is 0 Å². The molecule has 6 heteroatoms. The van der Waals surface area contributed by atoms with Gasteiger partial charge < -0.3 is 15.6 Å². The molecule has 6 nitrogen and oxygen atoms in total. The maximum atomic E-state index is 12.1. The summed E-state index contributed by atoms with van der Waals surface area (Å²) in [4.78, 5) is 18.5. The molecule has 4 N–H and O–H groups in total. The first-order chi connectivity index (χ1) is 9.95. The molecule has 1 heterocycles. The Balaban J connectivity index is 2.38. The topological polar surface area (TPSA) is 83.3 Å². The summed E-state index contributed by atoms with van der Waals surface area (Å²) >= 11 is 0. The first-order valence-electron chi connectivity index (χ1n) is 7.37. The van der Waals surface area contributed by atoms with Crippen LogP contribution in [-0.4, -0.2) is 42.0 Å². The number of hydrogen-bond donors (Lipinski definition) is 3. The summed E-state index contributed by atoms with van der Waals surface area (Å²) < 4.78 is 0. The number of hydrogen-bond acceptors (Lipinski definition) is 5. The molecule has 1 amide bonds. The van der Waals surface area contributed by atoms with Crippen LogP contribution in [0.1, 0.15) is 42.7 Å². The number of unbranched alkanes of at least 4 members (excludes halogenated alkanes) is 1. The Labute approximate surface area is 127 Å². The van der Waals surface area contributed by atoms with Gasteiger partial charge in [-0.15, -0.1) is 0 Å². The lowest BCUT2D eigenvalue weighted by Crippen LogP contribution is -2.29. The van der Waals surface area contributed by atoms with Crippen LogP contribution < -0.4 is 16.6 Å². The van der Waals surface area contributed by atoms with E-state index in [0.717, 1.165) is 25.1 Å². The summed E-state index contributed by atoms with van der Waals surface area (Å²) in [6, 6.07) is 2.31. The molecule has 0 aliphatic carbocycles. The Kier molecular flexibility index (Phi) is 7.11. The molecule has 0 aliphatic heterocycles. The number of nitrogens with one attached hydrogen (secondary N) is 2. The first-order valence-corrected chi connectivity index (χ1v) is 7.37. The molecular weight excluding hydrogens is 266 g/mol. The minimum Gasteiger partial charge on any atom is -0.352 e. The number of nitrogens with zero attached hydrogens (tertiary/aromatic N) is 2. The number of amides is 1. The van der Waals surface area contributed by atoms with Crippen LogP contribution in [-0.2, 0) is 0 Å². The van der Waals surface area contributed by atoms with Gasteiger partial charge in [-0.25, -0.2) is 0 Å². The number of carbonyl (C=O) groups is 1. The summed E-state index contributed by atoms with van der Waals surface area (Å²) in [5.41, 5.74) is 4.43. The largest absolute Gasteiger partial charge is 0.352 e. The molecule has 21 heavy (non-hydrogen) atoms. The molecular formula is C15H27N5O. The number of rotatable bonds is 8. The summed E-state index contributed by atoms with van der Waals surface area (Å²) in [5, 5.41) is 2.90. The summed E-state index contributed by atoms with van der Waals surface area (Å²) in [6.45, 7) is 7.90. The maximum absolute atomic E-state index is 12.1. The third-order valence-corrected chi connectivity index (χ3v) is 3.55. The number of aromatic nitrogens is 1. The standard InChI is InChI=1S/C15H27N5O/c1-11(2)20(4)8-6-5-7-17-15(21)13-10-18-12(3)9-14(13)19-16/h9-11H,5-8,16H2,1-4H3,(H,17,21)(H,18,19). The van der Waals surface area contributed by atoms with Crippen LogP contribution in [0.5, 0.6) is 0 Å². The van der Waals surface area contributed by atoms with Crippen molar-refractivity contribution in [2.75, 3.05) is 25.6 Å². The van der Waals surface area contributed by atoms with E-state index in [-0.39, 0.29) is 5.91 Å². The van der Waals surface area contributed by atoms with Crippen molar-refractivity contribution in [2.45, 2.75) is 39.7 Å². The zero-order chi connectivity index (χ0) is 15.8. The van der Waals surface area contributed by atoms with E-state index in [2.05, 4.69) is 41.5 Å². The SMILES string of the molecule is Cc1cc(NN)c(C(=O)NCCCCN(C)C(C)C)cn1. The number of anilines is 1. The first kappa shape index (κ1) is 17.4. The van der Waals surface area contributed by atoms with E-state index in [0.29, 0.717) is 23.8 Å². The molecule has 0 atom stereocenters. The Bertz CT molecular complexity index is 461. The number of aryl methyl sites for hydroxylation is 1. The van der Waals surface area contributed by atoms with Gasteiger partial charge in [0.05, 0.1) is 11.3 Å². The van der Waals surface area contributed by atoms with Crippen molar-refractivity contribution in [2.24, 2.45) is 5.84 Å². The van der Waals surface area contributed by atoms with Gasteiger partial charge in [-0.1, -0.05) is 0 Å². The molecule has 0 unspecified atom stereocenters. The Hall–Kier alpha value is -1.66. The second-order valence-electron chi connectivity index (χ2n) is 5.55. The van der Waals surface area contributed by atoms with Crippen LogP contribution >= 0.6 is 0 Å². The number of hydrazine groups is 1. The molecule has 1 aromatic rings. The Morgan fingerprint density at radius 3 is 2.76 bits per heavy atom. The van der Waals surface area contributed by atoms with Gasteiger partial charge in [-0.2, -0.15) is 0 Å². The molecule has 118 valence electrons. The normalized spacial score (nSPS) is 11.0. The molecule has 1 rings (SSSR count). The lowest BCUT2D eigenvalue weighted by molar-refractivity contribution is 0.0953. The fourth-order valence-electron chi connectivity index (χ4n) is 1.90. The van der Waals surface area contributed by atoms with Gasteiger partial charge in [-0.05, 0) is 53.3 Å². The van der Waals surface area contributed by atoms with Crippen molar-refractivity contribution in [1.82, 2.24) is 15.2 Å². The van der Waals surface area contributed by atoms with E-state index in [1.165, 1.54) is 0 Å². The van der Waals surface area contributed by atoms with Gasteiger partial charge in [0.15, 0.2) is 0 Å². The predicted molar refractivity (Wildman–Crippen MR) is 86.1 cm³/mol. The molecule has 0 radical (unpaired) electrons. The smallest absolute Gasteiger partial charge is 0.255 e. The average molecular weight is 293 g/mol. The highest BCUT2D eigenvalue weighted by Gasteiger charge is 2.11. The quantitative estimate of drug-likeness (QED) is 0.384. The van der Waals surface area contributed by atoms with E-state index in [1.807, 2.05) is 6.92 Å². The van der Waals surface area contributed by atoms with Crippen molar-refractivity contribution >= 4 is 11.6 Å². The van der Waals surface area contributed by atoms with Crippen LogP contribution in [0.3, 0.4) is 0 Å². The Morgan fingerprint density at radius 1 is 1.43 bits per heavy atom. The van der Waals surface area contributed by atoms with Crippen molar-refractivity contribution in [3.63, 3.8) is 0 Å². The highest BCUT2D eigenvalue weighted by atomic mass is 16.1. The van der Waals surface area contributed by atoms with Crippen LogP contribution in [0.15, 0.2) is 12.3 Å². The molecule has 0 fully saturated rings. The minimum atomic E-state index is -0.146. The maximum Gasteiger partial charge on any atom is 0.255 e. The monoisotopic (exact) mass is 293 g/mol. The lowest BCUT2D eigenvalue weighted by atomic mass is 10.2. The molecule has 0 aromatic carbocycles. The zero-order valence-corrected chi connectivity index (χ0v) is 13.4. The third kappa shape index (κ3) is 5.69. The second-order valence-corrected chi connectivity index (χ2v) is 5.55. The second kappa shape index (κ2) is 8.59. The summed E-state index contributed by atoms with van der Waals surface area (Å²) in [7, 11) is 2.11.